The van der Waals surface area contributed by atoms with Crippen LogP contribution < -0.4 is 0 Å². The van der Waals surface area contributed by atoms with E-state index in [1.165, 1.54) is 11.3 Å². The Morgan fingerprint density at radius 3 is 2.87 bits per heavy atom. The van der Waals surface area contributed by atoms with Crippen molar-refractivity contribution in [1.29, 1.82) is 0 Å². The van der Waals surface area contributed by atoms with Crippen molar-refractivity contribution >= 4 is 22.9 Å². The van der Waals surface area contributed by atoms with Crippen LogP contribution >= 0.6 is 22.9 Å². The topological polar surface area (TPSA) is 25.8 Å². The van der Waals surface area contributed by atoms with Crippen LogP contribution in [-0.4, -0.2) is 10.2 Å². The molecular formula is C10H8ClFN2S. The van der Waals surface area contributed by atoms with Crippen LogP contribution in [0.15, 0.2) is 18.2 Å². The zero-order valence-electron chi connectivity index (χ0n) is 8.00. The third-order valence-electron chi connectivity index (χ3n) is 2.00. The fourth-order valence-corrected chi connectivity index (χ4v) is 2.15. The smallest absolute Gasteiger partial charge is 0.150 e. The second-order valence-electron chi connectivity index (χ2n) is 3.07. The largest absolute Gasteiger partial charge is 0.206 e. The first-order chi connectivity index (χ1) is 7.22. The highest BCUT2D eigenvalue weighted by Crippen LogP contribution is 2.27. The summed E-state index contributed by atoms with van der Waals surface area (Å²) in [6.07, 6.45) is 0. The van der Waals surface area contributed by atoms with Gasteiger partial charge in [0.1, 0.15) is 10.8 Å². The maximum atomic E-state index is 13.7. The average Bonchev–Trinajstić information content (AvgIpc) is 2.70. The van der Waals surface area contributed by atoms with Gasteiger partial charge in [0.05, 0.1) is 5.88 Å². The Labute approximate surface area is 95.7 Å². The van der Waals surface area contributed by atoms with Crippen molar-refractivity contribution in [3.8, 4) is 10.6 Å². The van der Waals surface area contributed by atoms with E-state index < -0.39 is 0 Å². The predicted octanol–water partition coefficient (Wildman–Crippen LogP) is 3.39. The standard InChI is InChI=1S/C10H8ClFN2S/c1-6-3-2-4-7(9(6)12)10-14-13-8(5-11)15-10/h2-4H,5H2,1H3. The minimum Gasteiger partial charge on any atom is -0.206 e. The summed E-state index contributed by atoms with van der Waals surface area (Å²) in [5, 5.41) is 9.03. The SMILES string of the molecule is Cc1cccc(-c2nnc(CCl)s2)c1F. The van der Waals surface area contributed by atoms with E-state index in [2.05, 4.69) is 10.2 Å². The van der Waals surface area contributed by atoms with Gasteiger partial charge in [-0.3, -0.25) is 0 Å². The second kappa shape index (κ2) is 4.24. The van der Waals surface area contributed by atoms with E-state index in [4.69, 9.17) is 11.6 Å². The van der Waals surface area contributed by atoms with E-state index in [-0.39, 0.29) is 5.82 Å². The van der Waals surface area contributed by atoms with Crippen molar-refractivity contribution in [2.24, 2.45) is 0 Å². The van der Waals surface area contributed by atoms with Gasteiger partial charge in [-0.1, -0.05) is 23.5 Å². The Balaban J connectivity index is 2.49. The molecule has 0 fully saturated rings. The predicted molar refractivity (Wildman–Crippen MR) is 59.6 cm³/mol. The van der Waals surface area contributed by atoms with Crippen LogP contribution in [0.5, 0.6) is 0 Å². The van der Waals surface area contributed by atoms with Crippen LogP contribution in [0.2, 0.25) is 0 Å². The molecule has 0 amide bonds. The lowest BCUT2D eigenvalue weighted by atomic mass is 10.1. The molecule has 0 saturated heterocycles. The molecule has 0 bridgehead atoms. The number of nitrogens with zero attached hydrogens (tertiary/aromatic N) is 2. The fourth-order valence-electron chi connectivity index (χ4n) is 1.23. The Bertz CT molecular complexity index is 484. The lowest BCUT2D eigenvalue weighted by Crippen LogP contribution is -1.87. The Kier molecular flexibility index (Phi) is 2.98. The molecule has 1 heterocycles. The number of hydrogen-bond donors (Lipinski definition) is 0. The van der Waals surface area contributed by atoms with Crippen LogP contribution in [0, 0.1) is 12.7 Å². The maximum Gasteiger partial charge on any atom is 0.150 e. The molecule has 5 heteroatoms. The van der Waals surface area contributed by atoms with Gasteiger partial charge in [-0.2, -0.15) is 0 Å². The first-order valence-corrected chi connectivity index (χ1v) is 5.71. The molecule has 0 N–H and O–H groups in total. The van der Waals surface area contributed by atoms with E-state index in [9.17, 15) is 4.39 Å². The molecule has 0 unspecified atom stereocenters. The van der Waals surface area contributed by atoms with Gasteiger partial charge in [-0.15, -0.1) is 21.8 Å². The number of alkyl halides is 1. The number of halogens is 2. The highest BCUT2D eigenvalue weighted by molar-refractivity contribution is 7.14. The van der Waals surface area contributed by atoms with Gasteiger partial charge in [0.2, 0.25) is 0 Å². The summed E-state index contributed by atoms with van der Waals surface area (Å²) in [5.41, 5.74) is 1.10. The zero-order valence-corrected chi connectivity index (χ0v) is 9.57. The van der Waals surface area contributed by atoms with Crippen molar-refractivity contribution in [2.75, 3.05) is 0 Å². The summed E-state index contributed by atoms with van der Waals surface area (Å²) < 4.78 is 13.7. The van der Waals surface area contributed by atoms with E-state index >= 15 is 0 Å². The van der Waals surface area contributed by atoms with Crippen molar-refractivity contribution in [3.63, 3.8) is 0 Å². The first-order valence-electron chi connectivity index (χ1n) is 4.36. The Morgan fingerprint density at radius 2 is 2.20 bits per heavy atom. The Morgan fingerprint density at radius 1 is 1.40 bits per heavy atom. The van der Waals surface area contributed by atoms with Crippen LogP contribution in [0.1, 0.15) is 10.6 Å². The van der Waals surface area contributed by atoms with Crippen LogP contribution in [0.25, 0.3) is 10.6 Å². The number of benzene rings is 1. The normalized spacial score (nSPS) is 10.6. The molecule has 0 aliphatic carbocycles. The van der Waals surface area contributed by atoms with Crippen molar-refractivity contribution in [3.05, 3.63) is 34.6 Å². The monoisotopic (exact) mass is 242 g/mol. The molecule has 15 heavy (non-hydrogen) atoms. The molecule has 0 atom stereocenters. The number of aryl methyl sites for hydroxylation is 1. The molecule has 2 aromatic rings. The second-order valence-corrected chi connectivity index (χ2v) is 4.40. The van der Waals surface area contributed by atoms with Crippen LogP contribution in [0.4, 0.5) is 4.39 Å². The number of rotatable bonds is 2. The lowest BCUT2D eigenvalue weighted by molar-refractivity contribution is 0.621. The van der Waals surface area contributed by atoms with Gasteiger partial charge in [0.15, 0.2) is 5.01 Å². The maximum absolute atomic E-state index is 13.7. The highest BCUT2D eigenvalue weighted by Gasteiger charge is 2.11. The van der Waals surface area contributed by atoms with Gasteiger partial charge in [0, 0.05) is 5.56 Å². The van der Waals surface area contributed by atoms with Gasteiger partial charge < -0.3 is 0 Å². The van der Waals surface area contributed by atoms with E-state index in [0.717, 1.165) is 0 Å². The summed E-state index contributed by atoms with van der Waals surface area (Å²) in [5.74, 6) is 0.0697. The van der Waals surface area contributed by atoms with Crippen LogP contribution in [0.3, 0.4) is 0 Å². The van der Waals surface area contributed by atoms with Gasteiger partial charge in [-0.05, 0) is 18.6 Å². The molecule has 0 aliphatic rings. The number of aromatic nitrogens is 2. The molecule has 1 aromatic heterocycles. The summed E-state index contributed by atoms with van der Waals surface area (Å²) in [4.78, 5) is 0. The Hall–Kier alpha value is -1.00. The van der Waals surface area contributed by atoms with E-state index in [1.807, 2.05) is 0 Å². The first kappa shape index (κ1) is 10.5. The summed E-state index contributed by atoms with van der Waals surface area (Å²) >= 11 is 6.93. The molecule has 0 spiro atoms. The summed E-state index contributed by atoms with van der Waals surface area (Å²) in [6, 6.07) is 5.22. The average molecular weight is 243 g/mol. The summed E-state index contributed by atoms with van der Waals surface area (Å²) in [7, 11) is 0. The number of hydrogen-bond acceptors (Lipinski definition) is 3. The van der Waals surface area contributed by atoms with E-state index in [0.29, 0.717) is 27.0 Å². The lowest BCUT2D eigenvalue weighted by Gasteiger charge is -2.00. The third-order valence-corrected chi connectivity index (χ3v) is 3.37. The molecule has 0 aliphatic heterocycles. The van der Waals surface area contributed by atoms with Crippen molar-refractivity contribution in [1.82, 2.24) is 10.2 Å². The fraction of sp³-hybridized carbons (Fsp3) is 0.200. The van der Waals surface area contributed by atoms with Gasteiger partial charge in [-0.25, -0.2) is 4.39 Å². The third kappa shape index (κ3) is 2.01. The van der Waals surface area contributed by atoms with Crippen molar-refractivity contribution < 1.29 is 4.39 Å². The molecule has 0 radical (unpaired) electrons. The quantitative estimate of drug-likeness (QED) is 0.755. The van der Waals surface area contributed by atoms with Crippen molar-refractivity contribution in [2.45, 2.75) is 12.8 Å². The molecule has 0 saturated carbocycles. The zero-order chi connectivity index (χ0) is 10.8. The highest BCUT2D eigenvalue weighted by atomic mass is 35.5. The molecule has 2 rings (SSSR count). The van der Waals surface area contributed by atoms with Gasteiger partial charge >= 0.3 is 0 Å². The van der Waals surface area contributed by atoms with Crippen LogP contribution in [-0.2, 0) is 5.88 Å². The van der Waals surface area contributed by atoms with E-state index in [1.54, 1.807) is 25.1 Å². The minimum atomic E-state index is -0.241. The molecule has 1 aromatic carbocycles. The minimum absolute atomic E-state index is 0.241. The molecular weight excluding hydrogens is 235 g/mol. The van der Waals surface area contributed by atoms with Gasteiger partial charge in [0.25, 0.3) is 0 Å². The molecule has 78 valence electrons. The summed E-state index contributed by atoms with van der Waals surface area (Å²) in [6.45, 7) is 1.72. The molecule has 2 nitrogen and oxygen atoms in total.